The van der Waals surface area contributed by atoms with Crippen LogP contribution in [0.4, 0.5) is 10.9 Å². The number of aromatic nitrogens is 2. The molecular formula is C16H15N3S. The van der Waals surface area contributed by atoms with E-state index >= 15 is 0 Å². The monoisotopic (exact) mass is 281 g/mol. The highest BCUT2D eigenvalue weighted by Crippen LogP contribution is 2.28. The zero-order valence-electron chi connectivity index (χ0n) is 11.4. The number of benzene rings is 1. The van der Waals surface area contributed by atoms with Crippen molar-refractivity contribution < 1.29 is 0 Å². The van der Waals surface area contributed by atoms with E-state index in [4.69, 9.17) is 0 Å². The lowest BCUT2D eigenvalue weighted by Gasteiger charge is -2.03. The normalized spacial score (nSPS) is 10.5. The minimum atomic E-state index is 0.829. The highest BCUT2D eigenvalue weighted by Gasteiger charge is 2.07. The van der Waals surface area contributed by atoms with E-state index in [-0.39, 0.29) is 0 Å². The summed E-state index contributed by atoms with van der Waals surface area (Å²) in [5.41, 5.74) is 4.59. The first kappa shape index (κ1) is 12.8. The van der Waals surface area contributed by atoms with Gasteiger partial charge < -0.3 is 5.32 Å². The molecule has 0 fully saturated rings. The van der Waals surface area contributed by atoms with Crippen LogP contribution in [0, 0.1) is 13.8 Å². The average molecular weight is 281 g/mol. The van der Waals surface area contributed by atoms with Crippen molar-refractivity contribution in [2.24, 2.45) is 0 Å². The van der Waals surface area contributed by atoms with Gasteiger partial charge in [-0.15, -0.1) is 11.3 Å². The third-order valence-electron chi connectivity index (χ3n) is 3.08. The third kappa shape index (κ3) is 2.70. The molecule has 3 nitrogen and oxygen atoms in total. The van der Waals surface area contributed by atoms with Crippen molar-refractivity contribution >= 4 is 22.3 Å². The van der Waals surface area contributed by atoms with Gasteiger partial charge in [-0.05, 0) is 37.1 Å². The van der Waals surface area contributed by atoms with Crippen molar-refractivity contribution in [3.8, 4) is 11.3 Å². The number of thiazole rings is 1. The maximum atomic E-state index is 4.63. The van der Waals surface area contributed by atoms with Crippen molar-refractivity contribution in [1.82, 2.24) is 9.97 Å². The van der Waals surface area contributed by atoms with Gasteiger partial charge in [-0.2, -0.15) is 0 Å². The van der Waals surface area contributed by atoms with E-state index in [1.807, 2.05) is 31.2 Å². The van der Waals surface area contributed by atoms with E-state index < -0.39 is 0 Å². The van der Waals surface area contributed by atoms with Crippen molar-refractivity contribution in [1.29, 1.82) is 0 Å². The van der Waals surface area contributed by atoms with Crippen LogP contribution in [-0.2, 0) is 0 Å². The van der Waals surface area contributed by atoms with Crippen molar-refractivity contribution in [3.63, 3.8) is 0 Å². The Bertz CT molecular complexity index is 734. The van der Waals surface area contributed by atoms with Crippen molar-refractivity contribution in [3.05, 3.63) is 59.1 Å². The molecule has 0 aliphatic carbocycles. The lowest BCUT2D eigenvalue weighted by atomic mass is 10.1. The van der Waals surface area contributed by atoms with Gasteiger partial charge in [-0.1, -0.05) is 24.3 Å². The fraction of sp³-hybridized carbons (Fsp3) is 0.125. The molecule has 2 aromatic heterocycles. The first-order valence-electron chi connectivity index (χ1n) is 6.43. The first-order valence-corrected chi connectivity index (χ1v) is 7.31. The molecule has 0 aliphatic rings. The molecule has 2 heterocycles. The van der Waals surface area contributed by atoms with E-state index in [9.17, 15) is 0 Å². The molecule has 20 heavy (non-hydrogen) atoms. The topological polar surface area (TPSA) is 37.8 Å². The van der Waals surface area contributed by atoms with Crippen LogP contribution in [0.3, 0.4) is 0 Å². The van der Waals surface area contributed by atoms with Crippen LogP contribution in [0.15, 0.2) is 48.0 Å². The van der Waals surface area contributed by atoms with Gasteiger partial charge in [-0.3, -0.25) is 0 Å². The largest absolute Gasteiger partial charge is 0.316 e. The number of pyridine rings is 1. The maximum Gasteiger partial charge on any atom is 0.188 e. The molecule has 0 spiro atoms. The number of nitrogens with one attached hydrogen (secondary N) is 1. The Kier molecular flexibility index (Phi) is 3.48. The Hall–Kier alpha value is -2.20. The molecule has 0 saturated carbocycles. The number of hydrogen-bond acceptors (Lipinski definition) is 4. The number of nitrogens with zero attached hydrogens (tertiary/aromatic N) is 2. The highest BCUT2D eigenvalue weighted by atomic mass is 32.1. The van der Waals surface area contributed by atoms with Crippen LogP contribution < -0.4 is 5.32 Å². The van der Waals surface area contributed by atoms with Gasteiger partial charge in [0.2, 0.25) is 0 Å². The zero-order valence-corrected chi connectivity index (χ0v) is 12.2. The van der Waals surface area contributed by atoms with E-state index in [1.165, 1.54) is 16.7 Å². The second kappa shape index (κ2) is 5.43. The lowest BCUT2D eigenvalue weighted by molar-refractivity contribution is 1.26. The molecule has 0 bridgehead atoms. The third-order valence-corrected chi connectivity index (χ3v) is 3.83. The summed E-state index contributed by atoms with van der Waals surface area (Å²) in [4.78, 5) is 8.92. The molecule has 0 amide bonds. The molecule has 1 N–H and O–H groups in total. The number of anilines is 2. The lowest BCUT2D eigenvalue weighted by Crippen LogP contribution is -1.93. The Balaban J connectivity index is 1.86. The average Bonchev–Trinajstić information content (AvgIpc) is 2.87. The molecule has 1 aromatic carbocycles. The predicted octanol–water partition coefficient (Wildman–Crippen LogP) is 4.57. The van der Waals surface area contributed by atoms with E-state index in [0.29, 0.717) is 0 Å². The van der Waals surface area contributed by atoms with Gasteiger partial charge in [0.25, 0.3) is 0 Å². The molecule has 4 heteroatoms. The summed E-state index contributed by atoms with van der Waals surface area (Å²) >= 11 is 1.59. The second-order valence-corrected chi connectivity index (χ2v) is 5.55. The Morgan fingerprint density at radius 3 is 2.75 bits per heavy atom. The van der Waals surface area contributed by atoms with Crippen LogP contribution in [0.5, 0.6) is 0 Å². The fourth-order valence-electron chi connectivity index (χ4n) is 2.03. The smallest absolute Gasteiger partial charge is 0.188 e. The summed E-state index contributed by atoms with van der Waals surface area (Å²) in [6.07, 6.45) is 1.80. The minimum Gasteiger partial charge on any atom is -0.316 e. The van der Waals surface area contributed by atoms with Crippen molar-refractivity contribution in [2.75, 3.05) is 5.32 Å². The molecule has 0 unspecified atom stereocenters. The summed E-state index contributed by atoms with van der Waals surface area (Å²) in [6, 6.07) is 12.3. The number of rotatable bonds is 3. The minimum absolute atomic E-state index is 0.829. The van der Waals surface area contributed by atoms with Gasteiger partial charge in [0.05, 0.1) is 5.69 Å². The van der Waals surface area contributed by atoms with Crippen LogP contribution in [0.1, 0.15) is 11.1 Å². The first-order chi connectivity index (χ1) is 9.72. The zero-order chi connectivity index (χ0) is 13.9. The Labute approximate surface area is 122 Å². The van der Waals surface area contributed by atoms with Gasteiger partial charge in [0, 0.05) is 17.1 Å². The molecule has 0 aliphatic heterocycles. The van der Waals surface area contributed by atoms with E-state index in [0.717, 1.165) is 16.6 Å². The molecule has 3 aromatic rings. The van der Waals surface area contributed by atoms with Gasteiger partial charge in [0.1, 0.15) is 5.82 Å². The standard InChI is InChI=1S/C16H15N3S/c1-11-7-8-17-15(9-11)19-16-18-14(10-20-16)13-6-4-3-5-12(13)2/h3-10H,1-2H3,(H,17,18,19). The summed E-state index contributed by atoms with van der Waals surface area (Å²) in [6.45, 7) is 4.15. The summed E-state index contributed by atoms with van der Waals surface area (Å²) in [7, 11) is 0. The second-order valence-electron chi connectivity index (χ2n) is 4.70. The maximum absolute atomic E-state index is 4.63. The van der Waals surface area contributed by atoms with Crippen LogP contribution >= 0.6 is 11.3 Å². The number of aryl methyl sites for hydroxylation is 2. The Morgan fingerprint density at radius 1 is 1.10 bits per heavy atom. The van der Waals surface area contributed by atoms with Gasteiger partial charge >= 0.3 is 0 Å². The molecule has 0 saturated heterocycles. The molecule has 0 radical (unpaired) electrons. The molecule has 0 atom stereocenters. The number of hydrogen-bond donors (Lipinski definition) is 1. The van der Waals surface area contributed by atoms with E-state index in [2.05, 4.69) is 39.7 Å². The summed E-state index contributed by atoms with van der Waals surface area (Å²) in [5, 5.41) is 6.18. The van der Waals surface area contributed by atoms with Crippen LogP contribution in [-0.4, -0.2) is 9.97 Å². The SMILES string of the molecule is Cc1ccnc(Nc2nc(-c3ccccc3C)cs2)c1. The van der Waals surface area contributed by atoms with Crippen molar-refractivity contribution in [2.45, 2.75) is 13.8 Å². The van der Waals surface area contributed by atoms with E-state index in [1.54, 1.807) is 17.5 Å². The molecule has 100 valence electrons. The fourth-order valence-corrected chi connectivity index (χ4v) is 2.75. The van der Waals surface area contributed by atoms with Gasteiger partial charge in [0.15, 0.2) is 5.13 Å². The summed E-state index contributed by atoms with van der Waals surface area (Å²) < 4.78 is 0. The molecule has 3 rings (SSSR count). The Morgan fingerprint density at radius 2 is 1.95 bits per heavy atom. The summed E-state index contributed by atoms with van der Waals surface area (Å²) in [5.74, 6) is 0.829. The van der Waals surface area contributed by atoms with Crippen LogP contribution in [0.25, 0.3) is 11.3 Å². The quantitative estimate of drug-likeness (QED) is 0.764. The van der Waals surface area contributed by atoms with Gasteiger partial charge in [-0.25, -0.2) is 9.97 Å². The van der Waals surface area contributed by atoms with Crippen LogP contribution in [0.2, 0.25) is 0 Å². The highest BCUT2D eigenvalue weighted by molar-refractivity contribution is 7.14. The molecular weight excluding hydrogens is 266 g/mol. The predicted molar refractivity (Wildman–Crippen MR) is 84.5 cm³/mol.